The number of hydrogen-bond acceptors (Lipinski definition) is 5. The van der Waals surface area contributed by atoms with Crippen molar-refractivity contribution in [1.29, 1.82) is 0 Å². The molecular formula is C19H17Cl2N3O3S. The van der Waals surface area contributed by atoms with Gasteiger partial charge in [0.1, 0.15) is 11.0 Å². The normalized spacial score (nSPS) is 17.2. The van der Waals surface area contributed by atoms with Crippen molar-refractivity contribution in [1.82, 2.24) is 0 Å². The van der Waals surface area contributed by atoms with Gasteiger partial charge in [-0.2, -0.15) is 0 Å². The van der Waals surface area contributed by atoms with E-state index in [0.717, 1.165) is 0 Å². The van der Waals surface area contributed by atoms with Crippen molar-refractivity contribution in [3.05, 3.63) is 52.5 Å². The third-order valence-corrected chi connectivity index (χ3v) is 5.60. The summed E-state index contributed by atoms with van der Waals surface area (Å²) in [5, 5.41) is 3.96. The van der Waals surface area contributed by atoms with Crippen molar-refractivity contribution in [3.8, 4) is 5.75 Å². The maximum absolute atomic E-state index is 12.8. The quantitative estimate of drug-likeness (QED) is 0.434. The van der Waals surface area contributed by atoms with Crippen LogP contribution in [0.5, 0.6) is 5.75 Å². The molecule has 0 unspecified atom stereocenters. The molecule has 146 valence electrons. The predicted molar refractivity (Wildman–Crippen MR) is 115 cm³/mol. The van der Waals surface area contributed by atoms with Crippen LogP contribution < -0.4 is 15.0 Å². The third kappa shape index (κ3) is 4.60. The van der Waals surface area contributed by atoms with E-state index in [0.29, 0.717) is 32.3 Å². The number of carbonyl (C=O) groups is 2. The van der Waals surface area contributed by atoms with Crippen LogP contribution in [0.4, 0.5) is 11.4 Å². The van der Waals surface area contributed by atoms with Gasteiger partial charge in [0.05, 0.1) is 12.8 Å². The van der Waals surface area contributed by atoms with Crippen molar-refractivity contribution >= 4 is 63.3 Å². The molecule has 0 aliphatic carbocycles. The highest BCUT2D eigenvalue weighted by molar-refractivity contribution is 8.15. The first kappa shape index (κ1) is 20.5. The zero-order chi connectivity index (χ0) is 20.3. The molecule has 2 amide bonds. The van der Waals surface area contributed by atoms with Crippen LogP contribution in [0.15, 0.2) is 47.5 Å². The number of hydrogen-bond donors (Lipinski definition) is 1. The largest absolute Gasteiger partial charge is 0.497 e. The Morgan fingerprint density at radius 1 is 1.18 bits per heavy atom. The molecule has 3 rings (SSSR count). The van der Waals surface area contributed by atoms with Crippen molar-refractivity contribution in [2.24, 2.45) is 4.99 Å². The fraction of sp³-hybridized carbons (Fsp3) is 0.211. The van der Waals surface area contributed by atoms with E-state index in [4.69, 9.17) is 27.9 Å². The van der Waals surface area contributed by atoms with Gasteiger partial charge in [-0.25, -0.2) is 4.90 Å². The number of benzene rings is 2. The molecule has 6 nitrogen and oxygen atoms in total. The Morgan fingerprint density at radius 3 is 2.39 bits per heavy atom. The van der Waals surface area contributed by atoms with Crippen molar-refractivity contribution < 1.29 is 14.3 Å². The molecule has 1 aliphatic rings. The fourth-order valence-electron chi connectivity index (χ4n) is 2.72. The molecule has 0 spiro atoms. The van der Waals surface area contributed by atoms with Crippen molar-refractivity contribution in [2.45, 2.75) is 11.7 Å². The first-order valence-corrected chi connectivity index (χ1v) is 9.92. The second-order valence-electron chi connectivity index (χ2n) is 5.89. The number of carbonyl (C=O) groups excluding carboxylic acids is 2. The highest BCUT2D eigenvalue weighted by Crippen LogP contribution is 2.32. The van der Waals surface area contributed by atoms with E-state index < -0.39 is 5.25 Å². The molecular weight excluding hydrogens is 421 g/mol. The summed E-state index contributed by atoms with van der Waals surface area (Å²) in [5.41, 5.74) is 1.16. The minimum atomic E-state index is -0.574. The Bertz CT molecular complexity index is 914. The number of nitrogens with zero attached hydrogens (tertiary/aromatic N) is 2. The molecule has 0 radical (unpaired) electrons. The number of halogens is 2. The molecule has 28 heavy (non-hydrogen) atoms. The summed E-state index contributed by atoms with van der Waals surface area (Å²) in [4.78, 5) is 30.6. The highest BCUT2D eigenvalue weighted by Gasteiger charge is 2.40. The molecule has 1 saturated heterocycles. The predicted octanol–water partition coefficient (Wildman–Crippen LogP) is 4.47. The molecule has 1 fully saturated rings. The van der Waals surface area contributed by atoms with Crippen molar-refractivity contribution in [2.75, 3.05) is 24.4 Å². The zero-order valence-corrected chi connectivity index (χ0v) is 17.4. The van der Waals surface area contributed by atoms with Gasteiger partial charge in [0.25, 0.3) is 0 Å². The molecule has 0 saturated carbocycles. The Balaban J connectivity index is 1.72. The molecule has 2 aromatic rings. The van der Waals surface area contributed by atoms with Gasteiger partial charge in [0, 0.05) is 29.2 Å². The third-order valence-electron chi connectivity index (χ3n) is 4.01. The highest BCUT2D eigenvalue weighted by atomic mass is 35.5. The summed E-state index contributed by atoms with van der Waals surface area (Å²) in [5.74, 6) is 0.111. The van der Waals surface area contributed by atoms with Gasteiger partial charge in [0.2, 0.25) is 11.8 Å². The number of thioether (sulfide) groups is 1. The number of amides is 2. The number of methoxy groups -OCH3 is 1. The summed E-state index contributed by atoms with van der Waals surface area (Å²) < 4.78 is 5.11. The lowest BCUT2D eigenvalue weighted by Crippen LogP contribution is -2.31. The lowest BCUT2D eigenvalue weighted by Gasteiger charge is -2.16. The van der Waals surface area contributed by atoms with Crippen LogP contribution in [0.3, 0.4) is 0 Å². The van der Waals surface area contributed by atoms with E-state index in [1.165, 1.54) is 16.7 Å². The minimum absolute atomic E-state index is 0.0898. The van der Waals surface area contributed by atoms with E-state index in [9.17, 15) is 9.59 Å². The molecule has 0 aromatic heterocycles. The number of imide groups is 1. The Morgan fingerprint density at radius 2 is 1.82 bits per heavy atom. The van der Waals surface area contributed by atoms with Crippen LogP contribution in [0.25, 0.3) is 0 Å². The first-order chi connectivity index (χ1) is 13.4. The topological polar surface area (TPSA) is 71.0 Å². The van der Waals surface area contributed by atoms with Gasteiger partial charge in [-0.15, -0.1) is 0 Å². The molecule has 1 N–H and O–H groups in total. The Kier molecular flexibility index (Phi) is 6.49. The monoisotopic (exact) mass is 437 g/mol. The number of aliphatic imine (C=N–C) groups is 1. The number of ether oxygens (including phenoxy) is 1. The van der Waals surface area contributed by atoms with Gasteiger partial charge < -0.3 is 10.1 Å². The van der Waals surface area contributed by atoms with E-state index >= 15 is 0 Å². The van der Waals surface area contributed by atoms with Gasteiger partial charge in [-0.3, -0.25) is 14.6 Å². The van der Waals surface area contributed by atoms with Gasteiger partial charge in [-0.05, 0) is 42.5 Å². The van der Waals surface area contributed by atoms with Crippen LogP contribution in [0.2, 0.25) is 10.0 Å². The number of anilines is 2. The van der Waals surface area contributed by atoms with E-state index in [1.807, 2.05) is 0 Å². The lowest BCUT2D eigenvalue weighted by atomic mass is 10.3. The maximum Gasteiger partial charge on any atom is 0.247 e. The van der Waals surface area contributed by atoms with E-state index in [2.05, 4.69) is 10.3 Å². The van der Waals surface area contributed by atoms with Crippen LogP contribution in [0, 0.1) is 0 Å². The molecule has 1 aliphatic heterocycles. The number of rotatable bonds is 4. The number of amidine groups is 1. The smallest absolute Gasteiger partial charge is 0.247 e. The fourth-order valence-corrected chi connectivity index (χ4v) is 4.23. The second kappa shape index (κ2) is 8.86. The standard InChI is InChI=1S/C19H17Cl2N3O3S/c1-22-19(23-13-8-11(20)7-12(21)9-13)28-16-10-17(25)24(18(16)26)14-3-5-15(27-2)6-4-14/h3-9,16H,10H2,1-2H3,(H,22,23)/t16-/m1/s1. The van der Waals surface area contributed by atoms with Crippen LogP contribution in [0.1, 0.15) is 6.42 Å². The lowest BCUT2D eigenvalue weighted by molar-refractivity contribution is -0.121. The number of nitrogens with one attached hydrogen (secondary N) is 1. The molecule has 2 aromatic carbocycles. The maximum atomic E-state index is 12.8. The first-order valence-electron chi connectivity index (χ1n) is 8.28. The van der Waals surface area contributed by atoms with Gasteiger partial charge in [0.15, 0.2) is 5.17 Å². The summed E-state index contributed by atoms with van der Waals surface area (Å²) in [6, 6.07) is 11.8. The summed E-state index contributed by atoms with van der Waals surface area (Å²) >= 11 is 13.2. The SMILES string of the molecule is CN=C(Nc1cc(Cl)cc(Cl)c1)S[C@@H]1CC(=O)N(c2ccc(OC)cc2)C1=O. The van der Waals surface area contributed by atoms with Gasteiger partial charge >= 0.3 is 0 Å². The van der Waals surface area contributed by atoms with E-state index in [1.54, 1.807) is 56.6 Å². The average Bonchev–Trinajstić information content (AvgIpc) is 2.93. The molecule has 1 heterocycles. The van der Waals surface area contributed by atoms with Crippen molar-refractivity contribution in [3.63, 3.8) is 0 Å². The second-order valence-corrected chi connectivity index (χ2v) is 7.95. The molecule has 1 atom stereocenters. The van der Waals surface area contributed by atoms with Crippen LogP contribution in [-0.4, -0.2) is 36.4 Å². The molecule has 9 heteroatoms. The van der Waals surface area contributed by atoms with Crippen LogP contribution in [-0.2, 0) is 9.59 Å². The van der Waals surface area contributed by atoms with Crippen LogP contribution >= 0.6 is 35.0 Å². The molecule has 0 bridgehead atoms. The van der Waals surface area contributed by atoms with Gasteiger partial charge in [-0.1, -0.05) is 35.0 Å². The Labute approximate surface area is 176 Å². The summed E-state index contributed by atoms with van der Waals surface area (Å²) in [7, 11) is 3.16. The zero-order valence-electron chi connectivity index (χ0n) is 15.1. The summed E-state index contributed by atoms with van der Waals surface area (Å²) in [6.07, 6.45) is 0.0898. The van der Waals surface area contributed by atoms with E-state index in [-0.39, 0.29) is 18.2 Å². The Hall–Kier alpha value is -2.22. The summed E-state index contributed by atoms with van der Waals surface area (Å²) in [6.45, 7) is 0. The average molecular weight is 438 g/mol. The minimum Gasteiger partial charge on any atom is -0.497 e.